The Morgan fingerprint density at radius 2 is 2.15 bits per heavy atom. The second-order valence-electron chi connectivity index (χ2n) is 5.67. The molecular formula is C13H18N2O4S. The highest BCUT2D eigenvalue weighted by molar-refractivity contribution is 7.84. The number of benzene rings is 1. The van der Waals surface area contributed by atoms with Gasteiger partial charge in [0, 0.05) is 24.1 Å². The van der Waals surface area contributed by atoms with E-state index in [-0.39, 0.29) is 16.5 Å². The number of nitrogens with one attached hydrogen (secondary N) is 1. The van der Waals surface area contributed by atoms with E-state index in [1.54, 1.807) is 6.07 Å². The largest absolute Gasteiger partial charge is 0.493 e. The predicted molar refractivity (Wildman–Crippen MR) is 77.0 cm³/mol. The third-order valence-electron chi connectivity index (χ3n) is 3.05. The lowest BCUT2D eigenvalue weighted by Gasteiger charge is -2.29. The normalized spacial score (nSPS) is 19.9. The Kier molecular flexibility index (Phi) is 4.10. The molecule has 2 rings (SSSR count). The van der Waals surface area contributed by atoms with Crippen LogP contribution in [-0.2, 0) is 11.0 Å². The SMILES string of the molecule is CC(C)(C)[S@@](=O)N[C@@H]1CCOc2ccc([N+](=O)[O-])cc21. The van der Waals surface area contributed by atoms with Crippen LogP contribution < -0.4 is 9.46 Å². The van der Waals surface area contributed by atoms with E-state index >= 15 is 0 Å². The van der Waals surface area contributed by atoms with Crippen LogP contribution in [0.2, 0.25) is 0 Å². The first-order valence-corrected chi connectivity index (χ1v) is 7.53. The molecule has 1 N–H and O–H groups in total. The fourth-order valence-corrected chi connectivity index (χ4v) is 2.78. The molecule has 0 unspecified atom stereocenters. The molecule has 0 saturated heterocycles. The number of hydrogen-bond donors (Lipinski definition) is 1. The molecule has 0 amide bonds. The van der Waals surface area contributed by atoms with Gasteiger partial charge in [0.1, 0.15) is 5.75 Å². The molecule has 0 radical (unpaired) electrons. The van der Waals surface area contributed by atoms with Crippen molar-refractivity contribution in [2.45, 2.75) is 38.0 Å². The lowest BCUT2D eigenvalue weighted by molar-refractivity contribution is -0.385. The first kappa shape index (κ1) is 14.9. The minimum Gasteiger partial charge on any atom is -0.493 e. The summed E-state index contributed by atoms with van der Waals surface area (Å²) < 4.78 is 20.3. The molecule has 1 aliphatic rings. The van der Waals surface area contributed by atoms with Crippen molar-refractivity contribution in [3.63, 3.8) is 0 Å². The summed E-state index contributed by atoms with van der Waals surface area (Å²) in [6.45, 7) is 6.14. The standard InChI is InChI=1S/C13H18N2O4S/c1-13(2,3)20(18)14-11-6-7-19-12-5-4-9(15(16)17)8-10(11)12/h4-5,8,11,14H,6-7H2,1-3H3/t11-,20-/m1/s1. The molecule has 0 aliphatic carbocycles. The summed E-state index contributed by atoms with van der Waals surface area (Å²) >= 11 is 0. The van der Waals surface area contributed by atoms with Crippen molar-refractivity contribution in [1.82, 2.24) is 4.72 Å². The molecular weight excluding hydrogens is 280 g/mol. The Hall–Kier alpha value is -1.47. The van der Waals surface area contributed by atoms with Gasteiger partial charge in [-0.25, -0.2) is 8.93 Å². The maximum atomic E-state index is 12.2. The van der Waals surface area contributed by atoms with Gasteiger partial charge < -0.3 is 4.74 Å². The van der Waals surface area contributed by atoms with E-state index in [0.29, 0.717) is 24.3 Å². The molecule has 1 aliphatic heterocycles. The second-order valence-corrected chi connectivity index (χ2v) is 7.67. The zero-order valence-electron chi connectivity index (χ0n) is 11.7. The Morgan fingerprint density at radius 1 is 1.45 bits per heavy atom. The predicted octanol–water partition coefficient (Wildman–Crippen LogP) is 2.47. The van der Waals surface area contributed by atoms with E-state index in [9.17, 15) is 14.3 Å². The zero-order valence-corrected chi connectivity index (χ0v) is 12.5. The van der Waals surface area contributed by atoms with Gasteiger partial charge in [-0.1, -0.05) is 0 Å². The van der Waals surface area contributed by atoms with Crippen LogP contribution in [0.4, 0.5) is 5.69 Å². The van der Waals surface area contributed by atoms with E-state index in [4.69, 9.17) is 4.74 Å². The number of nitro groups is 1. The van der Waals surface area contributed by atoms with E-state index in [1.165, 1.54) is 12.1 Å². The summed E-state index contributed by atoms with van der Waals surface area (Å²) in [6, 6.07) is 4.31. The van der Waals surface area contributed by atoms with Crippen molar-refractivity contribution in [2.75, 3.05) is 6.61 Å². The number of rotatable bonds is 3. The summed E-state index contributed by atoms with van der Waals surface area (Å²) in [7, 11) is -1.23. The van der Waals surface area contributed by atoms with Gasteiger partial charge in [-0.3, -0.25) is 10.1 Å². The van der Waals surface area contributed by atoms with Crippen LogP contribution in [0.3, 0.4) is 0 Å². The molecule has 0 saturated carbocycles. The van der Waals surface area contributed by atoms with Gasteiger partial charge in [-0.2, -0.15) is 0 Å². The van der Waals surface area contributed by atoms with E-state index in [2.05, 4.69) is 4.72 Å². The number of fused-ring (bicyclic) bond motifs is 1. The monoisotopic (exact) mass is 298 g/mol. The second kappa shape index (κ2) is 5.49. The molecule has 1 heterocycles. The highest BCUT2D eigenvalue weighted by Gasteiger charge is 2.28. The summed E-state index contributed by atoms with van der Waals surface area (Å²) in [5, 5.41) is 10.9. The van der Waals surface area contributed by atoms with Crippen LogP contribution in [-0.4, -0.2) is 20.5 Å². The van der Waals surface area contributed by atoms with Crippen molar-refractivity contribution in [2.24, 2.45) is 0 Å². The van der Waals surface area contributed by atoms with Gasteiger partial charge in [0.25, 0.3) is 5.69 Å². The summed E-state index contributed by atoms with van der Waals surface area (Å²) in [5.41, 5.74) is 0.714. The third-order valence-corrected chi connectivity index (χ3v) is 4.66. The lowest BCUT2D eigenvalue weighted by atomic mass is 10.0. The smallest absolute Gasteiger partial charge is 0.270 e. The van der Waals surface area contributed by atoms with Gasteiger partial charge in [-0.15, -0.1) is 0 Å². The molecule has 6 nitrogen and oxygen atoms in total. The van der Waals surface area contributed by atoms with Gasteiger partial charge in [0.05, 0.1) is 33.3 Å². The molecule has 1 aromatic rings. The topological polar surface area (TPSA) is 81.5 Å². The van der Waals surface area contributed by atoms with Crippen molar-refractivity contribution in [3.8, 4) is 5.75 Å². The van der Waals surface area contributed by atoms with Gasteiger partial charge in [0.2, 0.25) is 0 Å². The fourth-order valence-electron chi connectivity index (χ4n) is 1.92. The molecule has 2 atom stereocenters. The third kappa shape index (κ3) is 3.16. The number of nitrogens with zero attached hydrogens (tertiary/aromatic N) is 1. The molecule has 0 fully saturated rings. The summed E-state index contributed by atoms with van der Waals surface area (Å²) in [4.78, 5) is 10.4. The molecule has 20 heavy (non-hydrogen) atoms. The lowest BCUT2D eigenvalue weighted by Crippen LogP contribution is -2.37. The van der Waals surface area contributed by atoms with E-state index < -0.39 is 15.9 Å². The quantitative estimate of drug-likeness (QED) is 0.686. The van der Waals surface area contributed by atoms with Crippen LogP contribution in [0.15, 0.2) is 18.2 Å². The van der Waals surface area contributed by atoms with Gasteiger partial charge in [-0.05, 0) is 26.8 Å². The first-order valence-electron chi connectivity index (χ1n) is 6.38. The van der Waals surface area contributed by atoms with Crippen LogP contribution in [0.25, 0.3) is 0 Å². The molecule has 0 bridgehead atoms. The number of ether oxygens (including phenoxy) is 1. The van der Waals surface area contributed by atoms with Crippen molar-refractivity contribution < 1.29 is 13.9 Å². The Labute approximate surface area is 120 Å². The van der Waals surface area contributed by atoms with Crippen LogP contribution >= 0.6 is 0 Å². The van der Waals surface area contributed by atoms with Gasteiger partial charge in [0.15, 0.2) is 0 Å². The molecule has 0 spiro atoms. The summed E-state index contributed by atoms with van der Waals surface area (Å²) in [6.07, 6.45) is 0.635. The zero-order chi connectivity index (χ0) is 14.9. The Bertz CT molecular complexity index is 554. The van der Waals surface area contributed by atoms with Crippen molar-refractivity contribution >= 4 is 16.7 Å². The molecule has 110 valence electrons. The summed E-state index contributed by atoms with van der Waals surface area (Å²) in [5.74, 6) is 0.616. The molecule has 0 aromatic heterocycles. The number of hydrogen-bond acceptors (Lipinski definition) is 4. The highest BCUT2D eigenvalue weighted by atomic mass is 32.2. The van der Waals surface area contributed by atoms with Crippen LogP contribution in [0.5, 0.6) is 5.75 Å². The Morgan fingerprint density at radius 3 is 2.75 bits per heavy atom. The molecule has 7 heteroatoms. The van der Waals surface area contributed by atoms with Gasteiger partial charge >= 0.3 is 0 Å². The fraction of sp³-hybridized carbons (Fsp3) is 0.538. The average molecular weight is 298 g/mol. The Balaban J connectivity index is 2.29. The maximum Gasteiger partial charge on any atom is 0.270 e. The van der Waals surface area contributed by atoms with E-state index in [1.807, 2.05) is 20.8 Å². The van der Waals surface area contributed by atoms with Crippen molar-refractivity contribution in [1.29, 1.82) is 0 Å². The highest BCUT2D eigenvalue weighted by Crippen LogP contribution is 2.35. The minimum atomic E-state index is -1.23. The molecule has 1 aromatic carbocycles. The number of nitro benzene ring substituents is 1. The van der Waals surface area contributed by atoms with Crippen LogP contribution in [0, 0.1) is 10.1 Å². The van der Waals surface area contributed by atoms with Crippen molar-refractivity contribution in [3.05, 3.63) is 33.9 Å². The van der Waals surface area contributed by atoms with E-state index in [0.717, 1.165) is 0 Å². The maximum absolute atomic E-state index is 12.2. The minimum absolute atomic E-state index is 0.0163. The first-order chi connectivity index (χ1) is 9.29. The average Bonchev–Trinajstić information content (AvgIpc) is 2.37. The number of non-ortho nitro benzene ring substituents is 1. The van der Waals surface area contributed by atoms with Crippen LogP contribution in [0.1, 0.15) is 38.8 Å².